The lowest BCUT2D eigenvalue weighted by Gasteiger charge is -2.58. The van der Waals surface area contributed by atoms with Crippen molar-refractivity contribution in [2.24, 2.45) is 22.7 Å². The highest BCUT2D eigenvalue weighted by Gasteiger charge is 2.54. The summed E-state index contributed by atoms with van der Waals surface area (Å²) < 4.78 is 0. The highest BCUT2D eigenvalue weighted by atomic mass is 16.3. The number of aliphatic hydroxyl groups is 2. The van der Waals surface area contributed by atoms with Crippen LogP contribution in [0.25, 0.3) is 0 Å². The monoisotopic (exact) mass is 306 g/mol. The summed E-state index contributed by atoms with van der Waals surface area (Å²) in [6.45, 7) is 11.5. The van der Waals surface area contributed by atoms with Crippen molar-refractivity contribution in [3.05, 3.63) is 23.3 Å². The molecule has 0 aliphatic heterocycles. The Labute approximate surface area is 136 Å². The van der Waals surface area contributed by atoms with Crippen LogP contribution in [-0.4, -0.2) is 22.9 Å². The van der Waals surface area contributed by atoms with Crippen molar-refractivity contribution >= 4 is 0 Å². The average Bonchev–Trinajstić information content (AvgIpc) is 2.36. The van der Waals surface area contributed by atoms with E-state index in [0.29, 0.717) is 11.8 Å². The second kappa shape index (κ2) is 6.49. The fourth-order valence-electron chi connectivity index (χ4n) is 5.56. The number of allylic oxidation sites excluding steroid dienone is 2. The van der Waals surface area contributed by atoms with Gasteiger partial charge in [-0.15, -0.1) is 0 Å². The molecule has 2 nitrogen and oxygen atoms in total. The van der Waals surface area contributed by atoms with E-state index in [4.69, 9.17) is 5.11 Å². The smallest absolute Gasteiger partial charge is 0.0762 e. The van der Waals surface area contributed by atoms with Gasteiger partial charge >= 0.3 is 0 Å². The Kier molecular flexibility index (Phi) is 5.23. The number of rotatable bonds is 4. The number of aliphatic hydroxyl groups excluding tert-OH is 2. The second-order valence-corrected chi connectivity index (χ2v) is 8.55. The average molecular weight is 306 g/mol. The van der Waals surface area contributed by atoms with E-state index in [9.17, 15) is 5.11 Å². The van der Waals surface area contributed by atoms with Crippen molar-refractivity contribution in [3.8, 4) is 0 Å². The zero-order valence-corrected chi connectivity index (χ0v) is 15.0. The first-order valence-electron chi connectivity index (χ1n) is 8.85. The molecule has 0 spiro atoms. The van der Waals surface area contributed by atoms with Crippen molar-refractivity contribution in [1.29, 1.82) is 0 Å². The quantitative estimate of drug-likeness (QED) is 0.752. The van der Waals surface area contributed by atoms with E-state index < -0.39 is 0 Å². The Morgan fingerprint density at radius 1 is 1.32 bits per heavy atom. The van der Waals surface area contributed by atoms with Crippen LogP contribution in [0.3, 0.4) is 0 Å². The van der Waals surface area contributed by atoms with Gasteiger partial charge in [0.15, 0.2) is 0 Å². The highest BCUT2D eigenvalue weighted by Crippen LogP contribution is 2.60. The topological polar surface area (TPSA) is 40.5 Å². The van der Waals surface area contributed by atoms with Gasteiger partial charge in [0.05, 0.1) is 12.7 Å². The first kappa shape index (κ1) is 17.7. The first-order chi connectivity index (χ1) is 10.2. The van der Waals surface area contributed by atoms with Crippen molar-refractivity contribution < 1.29 is 10.2 Å². The van der Waals surface area contributed by atoms with Crippen LogP contribution in [0.1, 0.15) is 66.7 Å². The molecule has 0 aromatic rings. The molecule has 2 aliphatic rings. The predicted molar refractivity (Wildman–Crippen MR) is 92.6 cm³/mol. The number of hydrogen-bond acceptors (Lipinski definition) is 2. The molecule has 22 heavy (non-hydrogen) atoms. The van der Waals surface area contributed by atoms with Crippen LogP contribution in [-0.2, 0) is 0 Å². The third-order valence-electron chi connectivity index (χ3n) is 6.48. The van der Waals surface area contributed by atoms with Crippen LogP contribution >= 0.6 is 0 Å². The number of hydrogen-bond donors (Lipinski definition) is 2. The lowest BCUT2D eigenvalue weighted by Crippen LogP contribution is -2.54. The van der Waals surface area contributed by atoms with Gasteiger partial charge in [0.2, 0.25) is 0 Å². The molecular weight excluding hydrogens is 272 g/mol. The van der Waals surface area contributed by atoms with E-state index in [1.165, 1.54) is 30.4 Å². The molecule has 126 valence electrons. The van der Waals surface area contributed by atoms with Crippen LogP contribution in [0.4, 0.5) is 0 Å². The summed E-state index contributed by atoms with van der Waals surface area (Å²) in [7, 11) is 0. The van der Waals surface area contributed by atoms with E-state index in [1.54, 1.807) is 0 Å². The Hall–Kier alpha value is -0.600. The maximum atomic E-state index is 10.7. The van der Waals surface area contributed by atoms with Gasteiger partial charge in [-0.25, -0.2) is 0 Å². The Balaban J connectivity index is 2.28. The van der Waals surface area contributed by atoms with E-state index in [0.717, 1.165) is 12.8 Å². The molecule has 2 aliphatic carbocycles. The van der Waals surface area contributed by atoms with E-state index >= 15 is 0 Å². The SMILES string of the molecule is CC1=C[C@@H](O)[C@@H]2C(C)(C)CCC[C@]2(C)[C@H]1CC/C(C)=C/CO. The summed E-state index contributed by atoms with van der Waals surface area (Å²) in [5, 5.41) is 19.8. The molecule has 0 aromatic carbocycles. The molecule has 4 atom stereocenters. The van der Waals surface area contributed by atoms with Gasteiger partial charge in [-0.05, 0) is 62.2 Å². The maximum Gasteiger partial charge on any atom is 0.0762 e. The molecule has 1 saturated carbocycles. The third kappa shape index (κ3) is 3.19. The Bertz CT molecular complexity index is 460. The van der Waals surface area contributed by atoms with Gasteiger partial charge in [-0.3, -0.25) is 0 Å². The molecule has 2 rings (SSSR count). The first-order valence-corrected chi connectivity index (χ1v) is 8.85. The van der Waals surface area contributed by atoms with Crippen molar-refractivity contribution in [1.82, 2.24) is 0 Å². The van der Waals surface area contributed by atoms with Crippen LogP contribution < -0.4 is 0 Å². The molecule has 2 N–H and O–H groups in total. The van der Waals surface area contributed by atoms with E-state index in [-0.39, 0.29) is 23.5 Å². The maximum absolute atomic E-state index is 10.7. The molecule has 0 bridgehead atoms. The molecule has 2 heteroatoms. The molecule has 0 radical (unpaired) electrons. The zero-order valence-electron chi connectivity index (χ0n) is 15.0. The van der Waals surface area contributed by atoms with Crippen LogP contribution in [0, 0.1) is 22.7 Å². The molecule has 1 fully saturated rings. The normalized spacial score (nSPS) is 38.4. The summed E-state index contributed by atoms with van der Waals surface area (Å²) in [6, 6.07) is 0. The van der Waals surface area contributed by atoms with Gasteiger partial charge in [0.1, 0.15) is 0 Å². The van der Waals surface area contributed by atoms with Gasteiger partial charge in [0.25, 0.3) is 0 Å². The van der Waals surface area contributed by atoms with Gasteiger partial charge in [0, 0.05) is 0 Å². The fraction of sp³-hybridized carbons (Fsp3) is 0.800. The molecule has 0 heterocycles. The van der Waals surface area contributed by atoms with Gasteiger partial charge < -0.3 is 10.2 Å². The highest BCUT2D eigenvalue weighted by molar-refractivity contribution is 5.22. The van der Waals surface area contributed by atoms with Crippen LogP contribution in [0.2, 0.25) is 0 Å². The molecule has 0 saturated heterocycles. The largest absolute Gasteiger partial charge is 0.392 e. The minimum atomic E-state index is -0.300. The number of fused-ring (bicyclic) bond motifs is 1. The molecule has 0 amide bonds. The lowest BCUT2D eigenvalue weighted by molar-refractivity contribution is -0.0964. The van der Waals surface area contributed by atoms with Gasteiger partial charge in [-0.2, -0.15) is 0 Å². The Morgan fingerprint density at radius 3 is 2.64 bits per heavy atom. The summed E-state index contributed by atoms with van der Waals surface area (Å²) in [6.07, 6.45) is 9.60. The van der Waals surface area contributed by atoms with Crippen LogP contribution in [0.15, 0.2) is 23.3 Å². The summed E-state index contributed by atoms with van der Waals surface area (Å²) in [5.41, 5.74) is 3.04. The predicted octanol–water partition coefficient (Wildman–Crippen LogP) is 4.47. The Morgan fingerprint density at radius 2 is 2.00 bits per heavy atom. The van der Waals surface area contributed by atoms with Crippen molar-refractivity contribution in [2.45, 2.75) is 72.8 Å². The molecule has 0 unspecified atom stereocenters. The second-order valence-electron chi connectivity index (χ2n) is 8.55. The fourth-order valence-corrected chi connectivity index (χ4v) is 5.56. The lowest BCUT2D eigenvalue weighted by atomic mass is 9.47. The van der Waals surface area contributed by atoms with Crippen molar-refractivity contribution in [3.63, 3.8) is 0 Å². The van der Waals surface area contributed by atoms with Gasteiger partial charge in [-0.1, -0.05) is 50.5 Å². The van der Waals surface area contributed by atoms with E-state index in [1.807, 2.05) is 6.08 Å². The summed E-state index contributed by atoms with van der Waals surface area (Å²) >= 11 is 0. The molecular formula is C20H34O2. The summed E-state index contributed by atoms with van der Waals surface area (Å²) in [4.78, 5) is 0. The molecule has 0 aromatic heterocycles. The minimum absolute atomic E-state index is 0.136. The minimum Gasteiger partial charge on any atom is -0.392 e. The summed E-state index contributed by atoms with van der Waals surface area (Å²) in [5.74, 6) is 0.895. The van der Waals surface area contributed by atoms with Crippen molar-refractivity contribution in [2.75, 3.05) is 6.61 Å². The van der Waals surface area contributed by atoms with E-state index in [2.05, 4.69) is 40.7 Å². The third-order valence-corrected chi connectivity index (χ3v) is 6.48. The standard InChI is InChI=1S/C20H34O2/c1-14(9-12-21)7-8-16-15(2)13-17(22)18-19(3,4)10-6-11-20(16,18)5/h9,13,16-18,21-22H,6-8,10-12H2,1-5H3/b14-9+/t16-,17+,18+,20+/m0/s1. The zero-order chi connectivity index (χ0) is 16.5. The van der Waals surface area contributed by atoms with Crippen LogP contribution in [0.5, 0.6) is 0 Å².